The average Bonchev–Trinajstić information content (AvgIpc) is 2.30. The minimum Gasteiger partial charge on any atom is -0.317 e. The van der Waals surface area contributed by atoms with Gasteiger partial charge >= 0.3 is 0 Å². The van der Waals surface area contributed by atoms with Crippen LogP contribution in [0.4, 0.5) is 4.39 Å². The first-order valence-corrected chi connectivity index (χ1v) is 5.63. The van der Waals surface area contributed by atoms with Gasteiger partial charge in [-0.2, -0.15) is 0 Å². The summed E-state index contributed by atoms with van der Waals surface area (Å²) in [4.78, 5) is 11.9. The summed E-state index contributed by atoms with van der Waals surface area (Å²) >= 11 is 0. The van der Waals surface area contributed by atoms with Crippen molar-refractivity contribution in [2.75, 3.05) is 13.1 Å². The van der Waals surface area contributed by atoms with Crippen LogP contribution in [0.3, 0.4) is 0 Å². The highest BCUT2D eigenvalue weighted by atomic mass is 19.1. The molecule has 1 saturated heterocycles. The molecule has 1 aromatic rings. The number of carbonyl (C=O) groups is 1. The second-order valence-corrected chi connectivity index (χ2v) is 4.37. The summed E-state index contributed by atoms with van der Waals surface area (Å²) in [5.74, 6) is -0.196. The van der Waals surface area contributed by atoms with Gasteiger partial charge in [-0.15, -0.1) is 0 Å². The van der Waals surface area contributed by atoms with Crippen LogP contribution in [0.1, 0.15) is 25.3 Å². The highest BCUT2D eigenvalue weighted by molar-refractivity contribution is 5.88. The van der Waals surface area contributed by atoms with E-state index in [0.29, 0.717) is 18.4 Å². The summed E-state index contributed by atoms with van der Waals surface area (Å²) in [6.45, 7) is 3.11. The maximum Gasteiger partial charge on any atom is 0.140 e. The molecule has 2 nitrogen and oxygen atoms in total. The monoisotopic (exact) mass is 221 g/mol. The van der Waals surface area contributed by atoms with E-state index in [1.807, 2.05) is 0 Å². The zero-order chi connectivity index (χ0) is 11.6. The van der Waals surface area contributed by atoms with Crippen molar-refractivity contribution in [3.8, 4) is 0 Å². The standard InChI is InChI=1S/C13H16FNO/c1-10(16)13(6-8-15-9-7-13)11-4-2-3-5-12(11)14/h2-5,15H,6-9H2,1H3. The first-order chi connectivity index (χ1) is 7.67. The molecular formula is C13H16FNO. The van der Waals surface area contributed by atoms with Crippen LogP contribution in [0.2, 0.25) is 0 Å². The van der Waals surface area contributed by atoms with E-state index in [0.717, 1.165) is 13.1 Å². The maximum absolute atomic E-state index is 13.8. The molecule has 86 valence electrons. The number of ketones is 1. The van der Waals surface area contributed by atoms with Crippen LogP contribution < -0.4 is 5.32 Å². The normalized spacial score (nSPS) is 19.4. The largest absolute Gasteiger partial charge is 0.317 e. The van der Waals surface area contributed by atoms with Crippen molar-refractivity contribution in [1.29, 1.82) is 0 Å². The number of rotatable bonds is 2. The fraction of sp³-hybridized carbons (Fsp3) is 0.462. The quantitative estimate of drug-likeness (QED) is 0.828. The third-order valence-electron chi connectivity index (χ3n) is 3.52. The van der Waals surface area contributed by atoms with Crippen molar-refractivity contribution in [1.82, 2.24) is 5.32 Å². The molecule has 16 heavy (non-hydrogen) atoms. The molecule has 1 N–H and O–H groups in total. The minimum atomic E-state index is -0.614. The molecule has 0 aromatic heterocycles. The number of carbonyl (C=O) groups excluding carboxylic acids is 1. The number of piperidine rings is 1. The van der Waals surface area contributed by atoms with Gasteiger partial charge in [0, 0.05) is 5.56 Å². The van der Waals surface area contributed by atoms with Crippen LogP contribution in [-0.4, -0.2) is 18.9 Å². The molecule has 0 radical (unpaired) electrons. The van der Waals surface area contributed by atoms with Crippen LogP contribution in [0.15, 0.2) is 24.3 Å². The van der Waals surface area contributed by atoms with E-state index >= 15 is 0 Å². The number of hydrogen-bond acceptors (Lipinski definition) is 2. The topological polar surface area (TPSA) is 29.1 Å². The zero-order valence-corrected chi connectivity index (χ0v) is 9.42. The van der Waals surface area contributed by atoms with Gasteiger partial charge < -0.3 is 5.32 Å². The molecule has 0 aliphatic carbocycles. The third-order valence-corrected chi connectivity index (χ3v) is 3.52. The lowest BCUT2D eigenvalue weighted by Gasteiger charge is -2.36. The van der Waals surface area contributed by atoms with Crippen molar-refractivity contribution in [3.05, 3.63) is 35.6 Å². The van der Waals surface area contributed by atoms with Crippen molar-refractivity contribution >= 4 is 5.78 Å². The SMILES string of the molecule is CC(=O)C1(c2ccccc2F)CCNCC1. The van der Waals surface area contributed by atoms with Crippen LogP contribution in [0.5, 0.6) is 0 Å². The smallest absolute Gasteiger partial charge is 0.140 e. The summed E-state index contributed by atoms with van der Waals surface area (Å²) < 4.78 is 13.8. The number of nitrogens with one attached hydrogen (secondary N) is 1. The van der Waals surface area contributed by atoms with Gasteiger partial charge in [-0.05, 0) is 38.9 Å². The van der Waals surface area contributed by atoms with Gasteiger partial charge in [-0.3, -0.25) is 4.79 Å². The zero-order valence-electron chi connectivity index (χ0n) is 9.42. The van der Waals surface area contributed by atoms with E-state index in [-0.39, 0.29) is 11.6 Å². The van der Waals surface area contributed by atoms with Crippen molar-refractivity contribution < 1.29 is 9.18 Å². The molecular weight excluding hydrogens is 205 g/mol. The van der Waals surface area contributed by atoms with Crippen molar-refractivity contribution in [2.24, 2.45) is 0 Å². The van der Waals surface area contributed by atoms with E-state index in [9.17, 15) is 9.18 Å². The fourth-order valence-corrected chi connectivity index (χ4v) is 2.51. The maximum atomic E-state index is 13.8. The van der Waals surface area contributed by atoms with Crippen LogP contribution >= 0.6 is 0 Å². The Morgan fingerprint density at radius 3 is 2.50 bits per heavy atom. The Kier molecular flexibility index (Phi) is 3.06. The van der Waals surface area contributed by atoms with Gasteiger partial charge in [0.15, 0.2) is 0 Å². The van der Waals surface area contributed by atoms with Crippen LogP contribution in [0, 0.1) is 5.82 Å². The van der Waals surface area contributed by atoms with E-state index in [1.165, 1.54) is 6.07 Å². The summed E-state index contributed by atoms with van der Waals surface area (Å²) in [6, 6.07) is 6.63. The summed E-state index contributed by atoms with van der Waals surface area (Å²) in [7, 11) is 0. The highest BCUT2D eigenvalue weighted by Crippen LogP contribution is 2.35. The first-order valence-electron chi connectivity index (χ1n) is 5.63. The molecule has 0 bridgehead atoms. The van der Waals surface area contributed by atoms with Gasteiger partial charge in [0.1, 0.15) is 11.6 Å². The molecule has 0 amide bonds. The minimum absolute atomic E-state index is 0.0686. The lowest BCUT2D eigenvalue weighted by atomic mass is 9.70. The second kappa shape index (κ2) is 4.34. The molecule has 1 aromatic carbocycles. The van der Waals surface area contributed by atoms with Gasteiger partial charge in [-0.25, -0.2) is 4.39 Å². The van der Waals surface area contributed by atoms with Gasteiger partial charge in [0.25, 0.3) is 0 Å². The van der Waals surface area contributed by atoms with E-state index in [2.05, 4.69) is 5.32 Å². The molecule has 0 spiro atoms. The Balaban J connectivity index is 2.47. The van der Waals surface area contributed by atoms with Gasteiger partial charge in [0.05, 0.1) is 5.41 Å². The number of hydrogen-bond donors (Lipinski definition) is 1. The second-order valence-electron chi connectivity index (χ2n) is 4.37. The van der Waals surface area contributed by atoms with E-state index in [1.54, 1.807) is 25.1 Å². The summed E-state index contributed by atoms with van der Waals surface area (Å²) in [5, 5.41) is 3.21. The number of halogens is 1. The lowest BCUT2D eigenvalue weighted by Crippen LogP contribution is -2.45. The molecule has 1 fully saturated rings. The average molecular weight is 221 g/mol. The molecule has 1 aliphatic rings. The molecule has 2 rings (SSSR count). The Bertz CT molecular complexity index is 397. The Hall–Kier alpha value is -1.22. The van der Waals surface area contributed by atoms with E-state index in [4.69, 9.17) is 0 Å². The van der Waals surface area contributed by atoms with E-state index < -0.39 is 5.41 Å². The molecule has 0 saturated carbocycles. The van der Waals surface area contributed by atoms with Crippen LogP contribution in [0.25, 0.3) is 0 Å². The summed E-state index contributed by atoms with van der Waals surface area (Å²) in [5.41, 5.74) is -0.0552. The third kappa shape index (κ3) is 1.76. The molecule has 1 aliphatic heterocycles. The first kappa shape index (κ1) is 11.3. The van der Waals surface area contributed by atoms with Crippen LogP contribution in [-0.2, 0) is 10.2 Å². The molecule has 3 heteroatoms. The fourth-order valence-electron chi connectivity index (χ4n) is 2.51. The highest BCUT2D eigenvalue weighted by Gasteiger charge is 2.40. The molecule has 0 unspecified atom stereocenters. The summed E-state index contributed by atoms with van der Waals surface area (Å²) in [6.07, 6.45) is 1.37. The van der Waals surface area contributed by atoms with Gasteiger partial charge in [-0.1, -0.05) is 18.2 Å². The van der Waals surface area contributed by atoms with Crippen molar-refractivity contribution in [3.63, 3.8) is 0 Å². The predicted octanol–water partition coefficient (Wildman–Crippen LogP) is 2.04. The number of Topliss-reactive ketones (excluding diaryl/α,β-unsaturated/α-hetero) is 1. The Morgan fingerprint density at radius 1 is 1.31 bits per heavy atom. The lowest BCUT2D eigenvalue weighted by molar-refractivity contribution is -0.123. The van der Waals surface area contributed by atoms with Crippen molar-refractivity contribution in [2.45, 2.75) is 25.2 Å². The predicted molar refractivity (Wildman–Crippen MR) is 60.9 cm³/mol. The Morgan fingerprint density at radius 2 is 1.94 bits per heavy atom. The molecule has 1 heterocycles. The molecule has 0 atom stereocenters. The Labute approximate surface area is 94.9 Å². The van der Waals surface area contributed by atoms with Gasteiger partial charge in [0.2, 0.25) is 0 Å². The number of benzene rings is 1.